The Kier molecular flexibility index (Phi) is 5.85. The standard InChI is InChI=1S/C21H27FN2O6S/c1-31(27,28)18-10-14(22)2-4-17(18)30-16-6-8-21(9-7-16)12-24(13-21)19(25)5-3-15-11-29-20(26)23-15/h2,4,10,15-16H,3,5-9,11-13H2,1H3,(H,23,26)/t15-/m1/s1. The third-order valence-corrected chi connectivity index (χ3v) is 7.56. The predicted octanol–water partition coefficient (Wildman–Crippen LogP) is 2.27. The molecule has 1 aliphatic carbocycles. The Morgan fingerprint density at radius 2 is 2.03 bits per heavy atom. The fourth-order valence-corrected chi connectivity index (χ4v) is 5.47. The van der Waals surface area contributed by atoms with Crippen LogP contribution in [0, 0.1) is 11.2 Å². The number of nitrogens with zero attached hydrogens (tertiary/aromatic N) is 1. The molecule has 4 rings (SSSR count). The monoisotopic (exact) mass is 454 g/mol. The highest BCUT2D eigenvalue weighted by Crippen LogP contribution is 2.45. The molecule has 31 heavy (non-hydrogen) atoms. The van der Waals surface area contributed by atoms with E-state index in [1.807, 2.05) is 4.90 Å². The van der Waals surface area contributed by atoms with Gasteiger partial charge < -0.3 is 19.7 Å². The number of carbonyl (C=O) groups is 2. The van der Waals surface area contributed by atoms with Crippen molar-refractivity contribution < 1.29 is 31.9 Å². The van der Waals surface area contributed by atoms with Crippen LogP contribution in [-0.2, 0) is 19.4 Å². The van der Waals surface area contributed by atoms with Gasteiger partial charge in [0.05, 0.1) is 12.1 Å². The van der Waals surface area contributed by atoms with Crippen molar-refractivity contribution in [3.05, 3.63) is 24.0 Å². The fourth-order valence-electron chi connectivity index (χ4n) is 4.66. The van der Waals surface area contributed by atoms with E-state index >= 15 is 0 Å². The second kappa shape index (κ2) is 8.29. The number of hydrogen-bond donors (Lipinski definition) is 1. The Hall–Kier alpha value is -2.36. The summed E-state index contributed by atoms with van der Waals surface area (Å²) in [5, 5.41) is 2.68. The average molecular weight is 455 g/mol. The smallest absolute Gasteiger partial charge is 0.407 e. The molecule has 2 amide bonds. The van der Waals surface area contributed by atoms with Gasteiger partial charge in [0.15, 0.2) is 9.84 Å². The second-order valence-electron chi connectivity index (χ2n) is 8.91. The largest absolute Gasteiger partial charge is 0.489 e. The minimum absolute atomic E-state index is 0.0919. The minimum Gasteiger partial charge on any atom is -0.489 e. The maximum atomic E-state index is 13.5. The highest BCUT2D eigenvalue weighted by atomic mass is 32.2. The van der Waals surface area contributed by atoms with Gasteiger partial charge in [0.2, 0.25) is 5.91 Å². The van der Waals surface area contributed by atoms with Gasteiger partial charge in [-0.1, -0.05) is 0 Å². The van der Waals surface area contributed by atoms with Gasteiger partial charge in [-0.15, -0.1) is 0 Å². The maximum Gasteiger partial charge on any atom is 0.407 e. The van der Waals surface area contributed by atoms with Crippen molar-refractivity contribution in [3.63, 3.8) is 0 Å². The van der Waals surface area contributed by atoms with Gasteiger partial charge in [0.25, 0.3) is 0 Å². The van der Waals surface area contributed by atoms with Crippen molar-refractivity contribution in [1.29, 1.82) is 0 Å². The number of halogens is 1. The van der Waals surface area contributed by atoms with Crippen LogP contribution in [0.4, 0.5) is 9.18 Å². The molecule has 1 atom stereocenters. The minimum atomic E-state index is -3.59. The Bertz CT molecular complexity index is 966. The number of likely N-dealkylation sites (tertiary alicyclic amines) is 1. The van der Waals surface area contributed by atoms with Crippen LogP contribution in [0.25, 0.3) is 0 Å². The lowest BCUT2D eigenvalue weighted by Crippen LogP contribution is -2.60. The van der Waals surface area contributed by atoms with Crippen molar-refractivity contribution in [1.82, 2.24) is 10.2 Å². The molecule has 0 bridgehead atoms. The zero-order valence-electron chi connectivity index (χ0n) is 17.4. The van der Waals surface area contributed by atoms with Gasteiger partial charge in [0.1, 0.15) is 23.1 Å². The third kappa shape index (κ3) is 4.94. The van der Waals surface area contributed by atoms with E-state index in [2.05, 4.69) is 5.32 Å². The first-order valence-electron chi connectivity index (χ1n) is 10.5. The average Bonchev–Trinajstić information content (AvgIpc) is 3.11. The molecule has 10 heteroatoms. The first kappa shape index (κ1) is 21.9. The molecule has 0 radical (unpaired) electrons. The summed E-state index contributed by atoms with van der Waals surface area (Å²) in [4.78, 5) is 25.2. The van der Waals surface area contributed by atoms with Crippen molar-refractivity contribution in [2.75, 3.05) is 26.0 Å². The Balaban J connectivity index is 1.25. The van der Waals surface area contributed by atoms with Crippen LogP contribution in [0.15, 0.2) is 23.1 Å². The summed E-state index contributed by atoms with van der Waals surface area (Å²) in [5.74, 6) is -0.329. The van der Waals surface area contributed by atoms with Crippen LogP contribution >= 0.6 is 0 Å². The summed E-state index contributed by atoms with van der Waals surface area (Å²) < 4.78 is 48.2. The molecule has 1 aromatic rings. The van der Waals surface area contributed by atoms with Crippen LogP contribution in [0.5, 0.6) is 5.75 Å². The number of sulfone groups is 1. The molecule has 0 aromatic heterocycles. The molecule has 2 saturated heterocycles. The van der Waals surface area contributed by atoms with E-state index in [-0.39, 0.29) is 34.1 Å². The highest BCUT2D eigenvalue weighted by Gasteiger charge is 2.47. The summed E-state index contributed by atoms with van der Waals surface area (Å²) in [6.45, 7) is 1.75. The van der Waals surface area contributed by atoms with Crippen LogP contribution in [0.2, 0.25) is 0 Å². The van der Waals surface area contributed by atoms with Gasteiger partial charge in [-0.05, 0) is 50.3 Å². The van der Waals surface area contributed by atoms with E-state index in [0.29, 0.717) is 19.4 Å². The molecule has 1 aromatic carbocycles. The van der Waals surface area contributed by atoms with E-state index in [0.717, 1.165) is 51.1 Å². The maximum absolute atomic E-state index is 13.5. The molecule has 3 fully saturated rings. The number of cyclic esters (lactones) is 1. The molecule has 1 spiro atoms. The number of ether oxygens (including phenoxy) is 2. The van der Waals surface area contributed by atoms with Gasteiger partial charge in [-0.3, -0.25) is 4.79 Å². The summed E-state index contributed by atoms with van der Waals surface area (Å²) in [5.41, 5.74) is 0.0999. The van der Waals surface area contributed by atoms with E-state index in [4.69, 9.17) is 9.47 Å². The van der Waals surface area contributed by atoms with Crippen molar-refractivity contribution >= 4 is 21.8 Å². The second-order valence-corrected chi connectivity index (χ2v) is 10.9. The van der Waals surface area contributed by atoms with Crippen molar-refractivity contribution in [2.24, 2.45) is 5.41 Å². The van der Waals surface area contributed by atoms with Gasteiger partial charge >= 0.3 is 6.09 Å². The zero-order valence-corrected chi connectivity index (χ0v) is 18.3. The lowest BCUT2D eigenvalue weighted by molar-refractivity contribution is -0.147. The summed E-state index contributed by atoms with van der Waals surface area (Å²) in [7, 11) is -3.59. The summed E-state index contributed by atoms with van der Waals surface area (Å²) in [6.07, 6.45) is 4.74. The number of rotatable bonds is 6. The van der Waals surface area contributed by atoms with Crippen LogP contribution in [-0.4, -0.2) is 63.4 Å². The number of amides is 2. The molecule has 2 aliphatic heterocycles. The van der Waals surface area contributed by atoms with Crippen LogP contribution in [0.1, 0.15) is 38.5 Å². The number of carbonyl (C=O) groups excluding carboxylic acids is 2. The molecular formula is C21H27FN2O6S. The summed E-state index contributed by atoms with van der Waals surface area (Å²) in [6, 6.07) is 3.47. The molecular weight excluding hydrogens is 427 g/mol. The normalized spacial score (nSPS) is 23.2. The lowest BCUT2D eigenvalue weighted by atomic mass is 9.68. The number of nitrogens with one attached hydrogen (secondary N) is 1. The predicted molar refractivity (Wildman–Crippen MR) is 109 cm³/mol. The molecule has 1 saturated carbocycles. The van der Waals surface area contributed by atoms with E-state index < -0.39 is 21.7 Å². The SMILES string of the molecule is CS(=O)(=O)c1cc(F)ccc1OC1CCC2(CC1)CN(C(=O)CC[C@@H]1COC(=O)N1)C2. The van der Waals surface area contributed by atoms with Crippen molar-refractivity contribution in [3.8, 4) is 5.75 Å². The Morgan fingerprint density at radius 3 is 2.65 bits per heavy atom. The van der Waals surface area contributed by atoms with Gasteiger partial charge in [0, 0.05) is 31.2 Å². The fraction of sp³-hybridized carbons (Fsp3) is 0.619. The van der Waals surface area contributed by atoms with Crippen LogP contribution < -0.4 is 10.1 Å². The number of benzene rings is 1. The van der Waals surface area contributed by atoms with E-state index in [1.165, 1.54) is 12.1 Å². The molecule has 8 nitrogen and oxygen atoms in total. The summed E-state index contributed by atoms with van der Waals surface area (Å²) >= 11 is 0. The van der Waals surface area contributed by atoms with E-state index in [9.17, 15) is 22.4 Å². The first-order valence-corrected chi connectivity index (χ1v) is 12.4. The van der Waals surface area contributed by atoms with Crippen molar-refractivity contribution in [2.45, 2.75) is 55.6 Å². The molecule has 170 valence electrons. The van der Waals surface area contributed by atoms with E-state index in [1.54, 1.807) is 0 Å². The first-order chi connectivity index (χ1) is 14.6. The topological polar surface area (TPSA) is 102 Å². The Morgan fingerprint density at radius 1 is 1.32 bits per heavy atom. The zero-order chi connectivity index (χ0) is 22.2. The van der Waals surface area contributed by atoms with Gasteiger partial charge in [-0.25, -0.2) is 17.6 Å². The molecule has 2 heterocycles. The third-order valence-electron chi connectivity index (χ3n) is 6.44. The quantitative estimate of drug-likeness (QED) is 0.708. The Labute approximate surface area is 181 Å². The molecule has 0 unspecified atom stereocenters. The van der Waals surface area contributed by atoms with Gasteiger partial charge in [-0.2, -0.15) is 0 Å². The highest BCUT2D eigenvalue weighted by molar-refractivity contribution is 7.90. The van der Waals surface area contributed by atoms with Crippen LogP contribution in [0.3, 0.4) is 0 Å². The molecule has 3 aliphatic rings. The number of hydrogen-bond acceptors (Lipinski definition) is 6. The number of alkyl carbamates (subject to hydrolysis) is 1. The lowest BCUT2D eigenvalue weighted by Gasteiger charge is -2.53. The molecule has 1 N–H and O–H groups in total.